The number of hydrogen-bond acceptors (Lipinski definition) is 3. The standard InChI is InChI=1S/C14H27N3O.ClH/c1-14(2,17-9-4-3-5-10-17)11-16-13(18)12-7-6-8-15-12;/h12,15H,3-11H2,1-2H3,(H,16,18);1H. The smallest absolute Gasteiger partial charge is 0.237 e. The van der Waals surface area contributed by atoms with Crippen LogP contribution in [0.1, 0.15) is 46.0 Å². The first-order valence-corrected chi connectivity index (χ1v) is 7.36. The number of carbonyl (C=O) groups excluding carboxylic acids is 1. The van der Waals surface area contributed by atoms with Crippen LogP contribution in [-0.2, 0) is 4.79 Å². The fourth-order valence-electron chi connectivity index (χ4n) is 2.95. The van der Waals surface area contributed by atoms with Crippen molar-refractivity contribution in [3.63, 3.8) is 0 Å². The van der Waals surface area contributed by atoms with Gasteiger partial charge < -0.3 is 10.6 Å². The Kier molecular flexibility index (Phi) is 6.57. The molecular formula is C14H28ClN3O. The van der Waals surface area contributed by atoms with E-state index in [0.29, 0.717) is 0 Å². The van der Waals surface area contributed by atoms with Gasteiger partial charge in [0.1, 0.15) is 0 Å². The van der Waals surface area contributed by atoms with Crippen LogP contribution >= 0.6 is 12.4 Å². The number of carbonyl (C=O) groups is 1. The molecule has 1 atom stereocenters. The van der Waals surface area contributed by atoms with E-state index < -0.39 is 0 Å². The monoisotopic (exact) mass is 289 g/mol. The zero-order valence-corrected chi connectivity index (χ0v) is 13.0. The van der Waals surface area contributed by atoms with Gasteiger partial charge in [-0.15, -0.1) is 12.4 Å². The second kappa shape index (κ2) is 7.46. The molecule has 1 unspecified atom stereocenters. The van der Waals surface area contributed by atoms with E-state index in [9.17, 15) is 4.79 Å². The molecule has 19 heavy (non-hydrogen) atoms. The summed E-state index contributed by atoms with van der Waals surface area (Å²) in [5.41, 5.74) is 0.0781. The summed E-state index contributed by atoms with van der Waals surface area (Å²) < 4.78 is 0. The van der Waals surface area contributed by atoms with E-state index in [1.165, 1.54) is 32.4 Å². The maximum absolute atomic E-state index is 12.0. The number of nitrogens with one attached hydrogen (secondary N) is 2. The highest BCUT2D eigenvalue weighted by Gasteiger charge is 2.29. The van der Waals surface area contributed by atoms with Crippen molar-refractivity contribution in [3.05, 3.63) is 0 Å². The quantitative estimate of drug-likeness (QED) is 0.825. The van der Waals surface area contributed by atoms with Crippen LogP contribution in [0.15, 0.2) is 0 Å². The number of halogens is 1. The number of hydrogen-bond donors (Lipinski definition) is 2. The van der Waals surface area contributed by atoms with Gasteiger partial charge in [0.25, 0.3) is 0 Å². The third-order valence-corrected chi connectivity index (χ3v) is 4.28. The predicted octanol–water partition coefficient (Wildman–Crippen LogP) is 1.54. The van der Waals surface area contributed by atoms with Crippen LogP contribution in [0.3, 0.4) is 0 Å². The molecule has 2 rings (SSSR count). The molecule has 4 nitrogen and oxygen atoms in total. The Labute approximate surface area is 123 Å². The Morgan fingerprint density at radius 2 is 1.95 bits per heavy atom. The Bertz CT molecular complexity index is 284. The predicted molar refractivity (Wildman–Crippen MR) is 80.8 cm³/mol. The molecule has 2 heterocycles. The lowest BCUT2D eigenvalue weighted by Gasteiger charge is -2.41. The van der Waals surface area contributed by atoms with Crippen molar-refractivity contribution in [2.45, 2.75) is 57.5 Å². The number of rotatable bonds is 4. The van der Waals surface area contributed by atoms with Crippen LogP contribution in [0.2, 0.25) is 0 Å². The molecule has 0 saturated carbocycles. The molecule has 0 aromatic carbocycles. The minimum Gasteiger partial charge on any atom is -0.353 e. The molecular weight excluding hydrogens is 262 g/mol. The molecule has 0 spiro atoms. The van der Waals surface area contributed by atoms with Crippen molar-refractivity contribution >= 4 is 18.3 Å². The average Bonchev–Trinajstić information content (AvgIpc) is 2.91. The topological polar surface area (TPSA) is 44.4 Å². The first-order valence-electron chi connectivity index (χ1n) is 7.36. The maximum Gasteiger partial charge on any atom is 0.237 e. The fourth-order valence-corrected chi connectivity index (χ4v) is 2.95. The van der Waals surface area contributed by atoms with Crippen LogP contribution < -0.4 is 10.6 Å². The largest absolute Gasteiger partial charge is 0.353 e. The molecule has 0 bridgehead atoms. The van der Waals surface area contributed by atoms with Gasteiger partial charge in [0, 0.05) is 12.1 Å². The van der Waals surface area contributed by atoms with Crippen LogP contribution in [0.25, 0.3) is 0 Å². The average molecular weight is 290 g/mol. The van der Waals surface area contributed by atoms with E-state index in [1.807, 2.05) is 0 Å². The summed E-state index contributed by atoms with van der Waals surface area (Å²) in [7, 11) is 0. The Morgan fingerprint density at radius 1 is 1.26 bits per heavy atom. The van der Waals surface area contributed by atoms with Gasteiger partial charge in [-0.3, -0.25) is 9.69 Å². The third kappa shape index (κ3) is 4.62. The zero-order chi connectivity index (χ0) is 13.0. The van der Waals surface area contributed by atoms with Crippen molar-refractivity contribution in [2.24, 2.45) is 0 Å². The van der Waals surface area contributed by atoms with Crippen molar-refractivity contribution in [3.8, 4) is 0 Å². The van der Waals surface area contributed by atoms with Gasteiger partial charge in [0.05, 0.1) is 6.04 Å². The Morgan fingerprint density at radius 3 is 2.53 bits per heavy atom. The first-order chi connectivity index (χ1) is 8.59. The van der Waals surface area contributed by atoms with Crippen LogP contribution in [0.4, 0.5) is 0 Å². The third-order valence-electron chi connectivity index (χ3n) is 4.28. The van der Waals surface area contributed by atoms with Gasteiger partial charge in [0.15, 0.2) is 0 Å². The van der Waals surface area contributed by atoms with E-state index in [2.05, 4.69) is 29.4 Å². The number of likely N-dealkylation sites (tertiary alicyclic amines) is 1. The summed E-state index contributed by atoms with van der Waals surface area (Å²) in [6.07, 6.45) is 6.04. The van der Waals surface area contributed by atoms with E-state index in [0.717, 1.165) is 25.9 Å². The second-order valence-electron chi connectivity index (χ2n) is 6.23. The molecule has 2 N–H and O–H groups in total. The summed E-state index contributed by atoms with van der Waals surface area (Å²) in [6.45, 7) is 8.55. The SMILES string of the molecule is CC(C)(CNC(=O)C1CCCN1)N1CCCCC1.Cl. The van der Waals surface area contributed by atoms with Crippen molar-refractivity contribution in [2.75, 3.05) is 26.2 Å². The van der Waals surface area contributed by atoms with Crippen LogP contribution in [-0.4, -0.2) is 48.6 Å². The number of piperidine rings is 1. The minimum absolute atomic E-state index is 0. The van der Waals surface area contributed by atoms with E-state index >= 15 is 0 Å². The highest BCUT2D eigenvalue weighted by atomic mass is 35.5. The molecule has 2 aliphatic rings. The zero-order valence-electron chi connectivity index (χ0n) is 12.2. The normalized spacial score (nSPS) is 24.8. The lowest BCUT2D eigenvalue weighted by Crippen LogP contribution is -2.55. The molecule has 2 saturated heterocycles. The van der Waals surface area contributed by atoms with Crippen molar-refractivity contribution in [1.82, 2.24) is 15.5 Å². The molecule has 2 aliphatic heterocycles. The molecule has 0 aliphatic carbocycles. The summed E-state index contributed by atoms with van der Waals surface area (Å²) in [5, 5.41) is 6.37. The minimum atomic E-state index is 0. The second-order valence-corrected chi connectivity index (χ2v) is 6.23. The maximum atomic E-state index is 12.0. The summed E-state index contributed by atoms with van der Waals surface area (Å²) in [5.74, 6) is 0.178. The van der Waals surface area contributed by atoms with Gasteiger partial charge in [-0.25, -0.2) is 0 Å². The van der Waals surface area contributed by atoms with E-state index in [4.69, 9.17) is 0 Å². The highest BCUT2D eigenvalue weighted by molar-refractivity contribution is 5.85. The fraction of sp³-hybridized carbons (Fsp3) is 0.929. The van der Waals surface area contributed by atoms with E-state index in [-0.39, 0.29) is 29.9 Å². The van der Waals surface area contributed by atoms with Gasteiger partial charge in [-0.1, -0.05) is 6.42 Å². The molecule has 0 aromatic rings. The van der Waals surface area contributed by atoms with Crippen LogP contribution in [0, 0.1) is 0 Å². The molecule has 0 radical (unpaired) electrons. The molecule has 5 heteroatoms. The van der Waals surface area contributed by atoms with Crippen molar-refractivity contribution < 1.29 is 4.79 Å². The van der Waals surface area contributed by atoms with Gasteiger partial charge in [-0.05, 0) is 59.2 Å². The summed E-state index contributed by atoms with van der Waals surface area (Å²) in [6, 6.07) is 0.0437. The van der Waals surface area contributed by atoms with Crippen molar-refractivity contribution in [1.29, 1.82) is 0 Å². The lowest BCUT2D eigenvalue weighted by atomic mass is 9.98. The Balaban J connectivity index is 0.00000180. The number of nitrogens with zero attached hydrogens (tertiary/aromatic N) is 1. The number of amides is 1. The molecule has 1 amide bonds. The molecule has 2 fully saturated rings. The first kappa shape index (κ1) is 16.7. The molecule has 112 valence electrons. The van der Waals surface area contributed by atoms with E-state index in [1.54, 1.807) is 0 Å². The van der Waals surface area contributed by atoms with Gasteiger partial charge in [-0.2, -0.15) is 0 Å². The summed E-state index contributed by atoms with van der Waals surface area (Å²) >= 11 is 0. The van der Waals surface area contributed by atoms with Gasteiger partial charge in [0.2, 0.25) is 5.91 Å². The van der Waals surface area contributed by atoms with Gasteiger partial charge >= 0.3 is 0 Å². The lowest BCUT2D eigenvalue weighted by molar-refractivity contribution is -0.123. The highest BCUT2D eigenvalue weighted by Crippen LogP contribution is 2.19. The Hall–Kier alpha value is -0.320. The molecule has 0 aromatic heterocycles. The summed E-state index contributed by atoms with van der Waals surface area (Å²) in [4.78, 5) is 14.5. The van der Waals surface area contributed by atoms with Crippen LogP contribution in [0.5, 0.6) is 0 Å².